The van der Waals surface area contributed by atoms with E-state index in [-0.39, 0.29) is 0 Å². The van der Waals surface area contributed by atoms with Gasteiger partial charge >= 0.3 is 0 Å². The van der Waals surface area contributed by atoms with Crippen LogP contribution >= 0.6 is 0 Å². The van der Waals surface area contributed by atoms with Crippen LogP contribution in [0.25, 0.3) is 0 Å². The third-order valence-corrected chi connectivity index (χ3v) is 4.44. The molecule has 2 heterocycles. The maximum Gasteiger partial charge on any atom is 0.231 e. The summed E-state index contributed by atoms with van der Waals surface area (Å²) < 4.78 is 10.8. The molecule has 0 amide bonds. The van der Waals surface area contributed by atoms with Crippen LogP contribution in [0.4, 0.5) is 5.69 Å². The standard InChI is InChI=1S/C15H22N2O2/c1-15(2)6-7-17(9-14(15)16-3)11-4-5-12-13(8-11)19-10-18-12/h4-5,8,14,16H,6-7,9-10H2,1-3H3. The van der Waals surface area contributed by atoms with E-state index in [9.17, 15) is 0 Å². The average Bonchev–Trinajstić information content (AvgIpc) is 2.85. The molecule has 1 atom stereocenters. The molecule has 4 nitrogen and oxygen atoms in total. The first-order valence-electron chi connectivity index (χ1n) is 6.92. The number of anilines is 1. The van der Waals surface area contributed by atoms with Gasteiger partial charge in [0.2, 0.25) is 6.79 Å². The number of likely N-dealkylation sites (N-methyl/N-ethyl adjacent to an activating group) is 1. The minimum Gasteiger partial charge on any atom is -0.454 e. The molecule has 1 aromatic rings. The molecule has 0 saturated carbocycles. The third kappa shape index (κ3) is 2.25. The summed E-state index contributed by atoms with van der Waals surface area (Å²) in [5.41, 5.74) is 1.57. The average molecular weight is 262 g/mol. The lowest BCUT2D eigenvalue weighted by atomic mass is 9.78. The molecule has 2 aliphatic rings. The number of rotatable bonds is 2. The summed E-state index contributed by atoms with van der Waals surface area (Å²) in [4.78, 5) is 2.42. The lowest BCUT2D eigenvalue weighted by molar-refractivity contribution is 0.174. The maximum absolute atomic E-state index is 5.46. The molecule has 0 aromatic heterocycles. The predicted molar refractivity (Wildman–Crippen MR) is 76.0 cm³/mol. The first-order valence-corrected chi connectivity index (χ1v) is 6.92. The Hall–Kier alpha value is -1.42. The summed E-state index contributed by atoms with van der Waals surface area (Å²) in [5, 5.41) is 3.45. The zero-order valence-corrected chi connectivity index (χ0v) is 11.9. The Bertz CT molecular complexity index is 473. The summed E-state index contributed by atoms with van der Waals surface area (Å²) in [5.74, 6) is 1.72. The Morgan fingerprint density at radius 3 is 2.84 bits per heavy atom. The number of ether oxygens (including phenoxy) is 2. The second-order valence-electron chi connectivity index (χ2n) is 6.06. The minimum absolute atomic E-state index is 0.338. The van der Waals surface area contributed by atoms with Gasteiger partial charge in [-0.25, -0.2) is 0 Å². The van der Waals surface area contributed by atoms with Gasteiger partial charge in [-0.15, -0.1) is 0 Å². The Kier molecular flexibility index (Phi) is 3.05. The van der Waals surface area contributed by atoms with Gasteiger partial charge in [0.15, 0.2) is 11.5 Å². The van der Waals surface area contributed by atoms with E-state index in [0.717, 1.165) is 24.6 Å². The van der Waals surface area contributed by atoms with Crippen LogP contribution in [-0.4, -0.2) is 33.0 Å². The highest BCUT2D eigenvalue weighted by Gasteiger charge is 2.34. The van der Waals surface area contributed by atoms with E-state index < -0.39 is 0 Å². The Balaban J connectivity index is 1.80. The minimum atomic E-state index is 0.338. The molecule has 19 heavy (non-hydrogen) atoms. The van der Waals surface area contributed by atoms with Crippen molar-refractivity contribution in [3.05, 3.63) is 18.2 Å². The first kappa shape index (κ1) is 12.6. The molecule has 104 valence electrons. The van der Waals surface area contributed by atoms with Crippen LogP contribution in [0.15, 0.2) is 18.2 Å². The lowest BCUT2D eigenvalue weighted by Crippen LogP contribution is -2.54. The fourth-order valence-electron chi connectivity index (χ4n) is 2.95. The molecule has 0 aliphatic carbocycles. The van der Waals surface area contributed by atoms with Gasteiger partial charge in [0.1, 0.15) is 0 Å². The van der Waals surface area contributed by atoms with Crippen molar-refractivity contribution < 1.29 is 9.47 Å². The van der Waals surface area contributed by atoms with Crippen molar-refractivity contribution >= 4 is 5.69 Å². The quantitative estimate of drug-likeness (QED) is 0.886. The van der Waals surface area contributed by atoms with E-state index >= 15 is 0 Å². The zero-order valence-electron chi connectivity index (χ0n) is 11.9. The SMILES string of the molecule is CNC1CN(c2ccc3c(c2)OCO3)CCC1(C)C. The molecule has 1 aromatic carbocycles. The molecule has 1 fully saturated rings. The van der Waals surface area contributed by atoms with Crippen molar-refractivity contribution in [1.29, 1.82) is 0 Å². The van der Waals surface area contributed by atoms with Crippen LogP contribution in [0.5, 0.6) is 11.5 Å². The fourth-order valence-corrected chi connectivity index (χ4v) is 2.95. The van der Waals surface area contributed by atoms with Gasteiger partial charge < -0.3 is 19.7 Å². The van der Waals surface area contributed by atoms with Crippen LogP contribution in [0.1, 0.15) is 20.3 Å². The van der Waals surface area contributed by atoms with Crippen molar-refractivity contribution in [3.8, 4) is 11.5 Å². The summed E-state index contributed by atoms with van der Waals surface area (Å²) in [6.45, 7) is 7.13. The van der Waals surface area contributed by atoms with Gasteiger partial charge in [0.25, 0.3) is 0 Å². The Morgan fingerprint density at radius 1 is 1.26 bits per heavy atom. The highest BCUT2D eigenvalue weighted by molar-refractivity contribution is 5.57. The van der Waals surface area contributed by atoms with Crippen molar-refractivity contribution in [1.82, 2.24) is 5.32 Å². The van der Waals surface area contributed by atoms with Gasteiger partial charge in [-0.05, 0) is 31.0 Å². The molecule has 0 bridgehead atoms. The highest BCUT2D eigenvalue weighted by Crippen LogP contribution is 2.38. The van der Waals surface area contributed by atoms with Crippen LogP contribution in [0.3, 0.4) is 0 Å². The lowest BCUT2D eigenvalue weighted by Gasteiger charge is -2.44. The number of nitrogens with zero attached hydrogens (tertiary/aromatic N) is 1. The molecular formula is C15H22N2O2. The van der Waals surface area contributed by atoms with Crippen LogP contribution in [0.2, 0.25) is 0 Å². The van der Waals surface area contributed by atoms with Gasteiger partial charge in [-0.3, -0.25) is 0 Å². The molecule has 0 spiro atoms. The first-order chi connectivity index (χ1) is 9.10. The van der Waals surface area contributed by atoms with Crippen LogP contribution < -0.4 is 19.7 Å². The van der Waals surface area contributed by atoms with E-state index in [1.807, 2.05) is 6.07 Å². The molecular weight excluding hydrogens is 240 g/mol. The van der Waals surface area contributed by atoms with Crippen LogP contribution in [-0.2, 0) is 0 Å². The smallest absolute Gasteiger partial charge is 0.231 e. The maximum atomic E-state index is 5.46. The summed E-state index contributed by atoms with van der Waals surface area (Å²) in [6, 6.07) is 6.73. The largest absolute Gasteiger partial charge is 0.454 e. The van der Waals surface area contributed by atoms with Crippen molar-refractivity contribution in [2.45, 2.75) is 26.3 Å². The Labute approximate surface area is 114 Å². The Morgan fingerprint density at radius 2 is 2.05 bits per heavy atom. The number of nitrogens with one attached hydrogen (secondary N) is 1. The fraction of sp³-hybridized carbons (Fsp3) is 0.600. The number of fused-ring (bicyclic) bond motifs is 1. The molecule has 1 unspecified atom stereocenters. The molecule has 1 N–H and O–H groups in total. The molecule has 1 saturated heterocycles. The van der Waals surface area contributed by atoms with Gasteiger partial charge in [0, 0.05) is 30.9 Å². The van der Waals surface area contributed by atoms with E-state index in [1.54, 1.807) is 0 Å². The van der Waals surface area contributed by atoms with E-state index in [1.165, 1.54) is 12.1 Å². The number of hydrogen-bond donors (Lipinski definition) is 1. The third-order valence-electron chi connectivity index (χ3n) is 4.44. The summed E-state index contributed by atoms with van der Waals surface area (Å²) >= 11 is 0. The van der Waals surface area contributed by atoms with E-state index in [0.29, 0.717) is 18.2 Å². The van der Waals surface area contributed by atoms with Gasteiger partial charge in [0.05, 0.1) is 0 Å². The van der Waals surface area contributed by atoms with Gasteiger partial charge in [-0.1, -0.05) is 13.8 Å². The van der Waals surface area contributed by atoms with E-state index in [2.05, 4.69) is 43.2 Å². The zero-order chi connectivity index (χ0) is 13.5. The van der Waals surface area contributed by atoms with Crippen molar-refractivity contribution in [2.75, 3.05) is 31.8 Å². The van der Waals surface area contributed by atoms with Crippen LogP contribution in [0, 0.1) is 5.41 Å². The second kappa shape index (κ2) is 4.60. The number of benzene rings is 1. The second-order valence-corrected chi connectivity index (χ2v) is 6.06. The van der Waals surface area contributed by atoms with E-state index in [4.69, 9.17) is 9.47 Å². The predicted octanol–water partition coefficient (Wildman–Crippen LogP) is 2.24. The molecule has 2 aliphatic heterocycles. The normalized spacial score (nSPS) is 24.6. The monoisotopic (exact) mass is 262 g/mol. The summed E-state index contributed by atoms with van der Waals surface area (Å²) in [7, 11) is 2.05. The number of piperidine rings is 1. The topological polar surface area (TPSA) is 33.7 Å². The molecule has 3 rings (SSSR count). The molecule has 4 heteroatoms. The number of hydrogen-bond acceptors (Lipinski definition) is 4. The van der Waals surface area contributed by atoms with Crippen molar-refractivity contribution in [2.24, 2.45) is 5.41 Å². The van der Waals surface area contributed by atoms with Gasteiger partial charge in [-0.2, -0.15) is 0 Å². The summed E-state index contributed by atoms with van der Waals surface area (Å²) in [6.07, 6.45) is 1.19. The molecule has 0 radical (unpaired) electrons. The highest BCUT2D eigenvalue weighted by atomic mass is 16.7. The van der Waals surface area contributed by atoms with Crippen molar-refractivity contribution in [3.63, 3.8) is 0 Å².